The molecule has 0 aliphatic rings. The Morgan fingerprint density at radius 3 is 2.79 bits per heavy atom. The average molecular weight is 259 g/mol. The van der Waals surface area contributed by atoms with Crippen LogP contribution in [0.3, 0.4) is 0 Å². The molecule has 5 nitrogen and oxygen atoms in total. The molecular weight excluding hydrogens is 242 g/mol. The first-order valence-electron chi connectivity index (χ1n) is 5.93. The molecule has 0 atom stereocenters. The molecule has 2 rings (SSSR count). The van der Waals surface area contributed by atoms with E-state index in [1.54, 1.807) is 13.2 Å². The third-order valence-electron chi connectivity index (χ3n) is 2.65. The van der Waals surface area contributed by atoms with Crippen LogP contribution in [0.4, 0.5) is 5.82 Å². The van der Waals surface area contributed by atoms with E-state index in [4.69, 9.17) is 15.3 Å². The van der Waals surface area contributed by atoms with Crippen LogP contribution >= 0.6 is 0 Å². The predicted octanol–water partition coefficient (Wildman–Crippen LogP) is 2.26. The molecule has 0 saturated heterocycles. The minimum Gasteiger partial charge on any atom is -0.493 e. The Hall–Kier alpha value is -2.27. The largest absolute Gasteiger partial charge is 0.493 e. The number of nitrogens with one attached hydrogen (secondary N) is 1. The highest BCUT2D eigenvalue weighted by atomic mass is 16.5. The second-order valence-electron chi connectivity index (χ2n) is 4.10. The fourth-order valence-corrected chi connectivity index (χ4v) is 1.69. The van der Waals surface area contributed by atoms with Gasteiger partial charge in [0.05, 0.1) is 12.8 Å². The van der Waals surface area contributed by atoms with Gasteiger partial charge >= 0.3 is 0 Å². The van der Waals surface area contributed by atoms with Crippen molar-refractivity contribution < 1.29 is 9.47 Å². The lowest BCUT2D eigenvalue weighted by molar-refractivity contribution is 0.280. The summed E-state index contributed by atoms with van der Waals surface area (Å²) in [5, 5.41) is 0. The van der Waals surface area contributed by atoms with Crippen LogP contribution in [0.2, 0.25) is 0 Å². The molecular formula is C14H17N3O2. The molecule has 3 N–H and O–H groups in total. The second-order valence-corrected chi connectivity index (χ2v) is 4.10. The number of methoxy groups -OCH3 is 1. The van der Waals surface area contributed by atoms with E-state index in [0.717, 1.165) is 11.3 Å². The van der Waals surface area contributed by atoms with Crippen LogP contribution in [-0.2, 0) is 6.61 Å². The number of benzene rings is 1. The van der Waals surface area contributed by atoms with Crippen molar-refractivity contribution in [2.75, 3.05) is 12.5 Å². The normalized spacial score (nSPS) is 10.1. The summed E-state index contributed by atoms with van der Waals surface area (Å²) >= 11 is 0. The molecule has 100 valence electrons. The van der Waals surface area contributed by atoms with Gasteiger partial charge in [-0.2, -0.15) is 0 Å². The molecule has 0 radical (unpaired) electrons. The van der Waals surface area contributed by atoms with Gasteiger partial charge in [-0.1, -0.05) is 12.1 Å². The number of pyridine rings is 1. The van der Waals surface area contributed by atoms with Crippen LogP contribution < -0.4 is 20.7 Å². The summed E-state index contributed by atoms with van der Waals surface area (Å²) in [6.45, 7) is 2.36. The molecule has 0 aliphatic heterocycles. The lowest BCUT2D eigenvalue weighted by Gasteiger charge is -2.11. The third kappa shape index (κ3) is 3.35. The van der Waals surface area contributed by atoms with Crippen molar-refractivity contribution in [1.29, 1.82) is 0 Å². The molecule has 19 heavy (non-hydrogen) atoms. The first-order valence-corrected chi connectivity index (χ1v) is 5.93. The van der Waals surface area contributed by atoms with Crippen LogP contribution in [0.15, 0.2) is 36.4 Å². The molecule has 0 unspecified atom stereocenters. The molecule has 0 bridgehead atoms. The van der Waals surface area contributed by atoms with Gasteiger partial charge in [-0.3, -0.25) is 0 Å². The van der Waals surface area contributed by atoms with Crippen molar-refractivity contribution in [3.05, 3.63) is 47.7 Å². The van der Waals surface area contributed by atoms with Gasteiger partial charge < -0.3 is 14.9 Å². The van der Waals surface area contributed by atoms with Gasteiger partial charge in [0.25, 0.3) is 0 Å². The highest BCUT2D eigenvalue weighted by Gasteiger charge is 2.05. The maximum absolute atomic E-state index is 5.71. The minimum atomic E-state index is 0.356. The van der Waals surface area contributed by atoms with Crippen molar-refractivity contribution in [3.63, 3.8) is 0 Å². The Balaban J connectivity index is 2.09. The van der Waals surface area contributed by atoms with E-state index >= 15 is 0 Å². The van der Waals surface area contributed by atoms with Gasteiger partial charge in [0.15, 0.2) is 11.5 Å². The molecule has 0 fully saturated rings. The zero-order valence-corrected chi connectivity index (χ0v) is 11.0. The summed E-state index contributed by atoms with van der Waals surface area (Å²) < 4.78 is 11.0. The highest BCUT2D eigenvalue weighted by molar-refractivity contribution is 5.42. The van der Waals surface area contributed by atoms with Crippen LogP contribution in [0.25, 0.3) is 0 Å². The van der Waals surface area contributed by atoms with E-state index in [0.29, 0.717) is 23.9 Å². The van der Waals surface area contributed by atoms with E-state index in [9.17, 15) is 0 Å². The number of aromatic nitrogens is 1. The first kappa shape index (κ1) is 13.2. The van der Waals surface area contributed by atoms with Gasteiger partial charge in [0.2, 0.25) is 0 Å². The lowest BCUT2D eigenvalue weighted by atomic mass is 10.2. The monoisotopic (exact) mass is 259 g/mol. The van der Waals surface area contributed by atoms with E-state index in [2.05, 4.69) is 10.4 Å². The van der Waals surface area contributed by atoms with E-state index < -0.39 is 0 Å². The lowest BCUT2D eigenvalue weighted by Crippen LogP contribution is -2.09. The number of rotatable bonds is 5. The van der Waals surface area contributed by atoms with Gasteiger partial charge in [-0.25, -0.2) is 10.8 Å². The topological polar surface area (TPSA) is 69.4 Å². The molecule has 1 aromatic carbocycles. The summed E-state index contributed by atoms with van der Waals surface area (Å²) in [4.78, 5) is 4.28. The Labute approximate surface area is 112 Å². The van der Waals surface area contributed by atoms with Gasteiger partial charge in [-0.15, -0.1) is 0 Å². The summed E-state index contributed by atoms with van der Waals surface area (Å²) in [6.07, 6.45) is 0. The standard InChI is InChI=1S/C14H17N3O2/c1-10-6-7-12(13(8-10)18-2)19-9-11-4-3-5-14(16-11)17-15/h3-8H,9,15H2,1-2H3,(H,16,17). The number of anilines is 1. The number of hydrogen-bond donors (Lipinski definition) is 2. The summed E-state index contributed by atoms with van der Waals surface area (Å²) in [7, 11) is 1.62. The maximum Gasteiger partial charge on any atom is 0.161 e. The highest BCUT2D eigenvalue weighted by Crippen LogP contribution is 2.28. The summed E-state index contributed by atoms with van der Waals surface area (Å²) in [5.41, 5.74) is 4.42. The molecule has 5 heteroatoms. The smallest absolute Gasteiger partial charge is 0.161 e. The maximum atomic E-state index is 5.71. The summed E-state index contributed by atoms with van der Waals surface area (Å²) in [5.74, 6) is 7.33. The summed E-state index contributed by atoms with van der Waals surface area (Å²) in [6, 6.07) is 11.3. The predicted molar refractivity (Wildman–Crippen MR) is 74.1 cm³/mol. The molecule has 1 heterocycles. The fraction of sp³-hybridized carbons (Fsp3) is 0.214. The Morgan fingerprint density at radius 1 is 1.21 bits per heavy atom. The number of aryl methyl sites for hydroxylation is 1. The molecule has 2 aromatic rings. The quantitative estimate of drug-likeness (QED) is 0.636. The van der Waals surface area contributed by atoms with E-state index in [-0.39, 0.29) is 0 Å². The van der Waals surface area contributed by atoms with Crippen LogP contribution in [0, 0.1) is 6.92 Å². The number of nitrogens with two attached hydrogens (primary N) is 1. The number of hydrogen-bond acceptors (Lipinski definition) is 5. The zero-order valence-electron chi connectivity index (χ0n) is 11.0. The Morgan fingerprint density at radius 2 is 2.05 bits per heavy atom. The zero-order chi connectivity index (χ0) is 13.7. The van der Waals surface area contributed by atoms with Gasteiger partial charge in [-0.05, 0) is 36.8 Å². The van der Waals surface area contributed by atoms with Crippen molar-refractivity contribution in [3.8, 4) is 11.5 Å². The van der Waals surface area contributed by atoms with Crippen LogP contribution in [0.5, 0.6) is 11.5 Å². The van der Waals surface area contributed by atoms with Gasteiger partial charge in [0, 0.05) is 0 Å². The Kier molecular flexibility index (Phi) is 4.20. The van der Waals surface area contributed by atoms with Gasteiger partial charge in [0.1, 0.15) is 12.4 Å². The van der Waals surface area contributed by atoms with Crippen molar-refractivity contribution in [2.24, 2.45) is 5.84 Å². The average Bonchev–Trinajstić information content (AvgIpc) is 2.46. The number of nitrogens with zero attached hydrogens (tertiary/aromatic N) is 1. The first-order chi connectivity index (χ1) is 9.22. The fourth-order valence-electron chi connectivity index (χ4n) is 1.69. The van der Waals surface area contributed by atoms with Crippen LogP contribution in [-0.4, -0.2) is 12.1 Å². The number of ether oxygens (including phenoxy) is 2. The second kappa shape index (κ2) is 6.06. The number of hydrazine groups is 1. The van der Waals surface area contributed by atoms with E-state index in [1.807, 2.05) is 37.3 Å². The molecule has 0 amide bonds. The van der Waals surface area contributed by atoms with Crippen molar-refractivity contribution >= 4 is 5.82 Å². The van der Waals surface area contributed by atoms with Crippen molar-refractivity contribution in [1.82, 2.24) is 4.98 Å². The van der Waals surface area contributed by atoms with Crippen LogP contribution in [0.1, 0.15) is 11.3 Å². The SMILES string of the molecule is COc1cc(C)ccc1OCc1cccc(NN)n1. The molecule has 0 spiro atoms. The molecule has 0 saturated carbocycles. The van der Waals surface area contributed by atoms with Crippen molar-refractivity contribution in [2.45, 2.75) is 13.5 Å². The third-order valence-corrected chi connectivity index (χ3v) is 2.65. The Bertz CT molecular complexity index is 558. The number of nitrogen functional groups attached to an aromatic ring is 1. The molecule has 0 aliphatic carbocycles. The minimum absolute atomic E-state index is 0.356. The van der Waals surface area contributed by atoms with E-state index in [1.165, 1.54) is 0 Å². The molecule has 1 aromatic heterocycles.